The van der Waals surface area contributed by atoms with Crippen LogP contribution in [0.4, 0.5) is 4.39 Å². The third-order valence-electron chi connectivity index (χ3n) is 4.17. The molecule has 128 valence electrons. The second-order valence-electron chi connectivity index (χ2n) is 6.13. The number of hydrogen-bond acceptors (Lipinski definition) is 4. The molecule has 0 radical (unpaired) electrons. The summed E-state index contributed by atoms with van der Waals surface area (Å²) in [5.74, 6) is 0.693. The highest BCUT2D eigenvalue weighted by molar-refractivity contribution is 5.90. The minimum Gasteiger partial charge on any atom is -0.345 e. The Labute approximate surface area is 143 Å². The number of rotatable bonds is 5. The average molecular weight is 340 g/mol. The van der Waals surface area contributed by atoms with Gasteiger partial charge in [-0.15, -0.1) is 0 Å². The van der Waals surface area contributed by atoms with E-state index in [1.54, 1.807) is 36.1 Å². The summed E-state index contributed by atoms with van der Waals surface area (Å²) in [4.78, 5) is 20.5. The van der Waals surface area contributed by atoms with Crippen molar-refractivity contribution in [2.75, 3.05) is 0 Å². The van der Waals surface area contributed by atoms with Gasteiger partial charge in [-0.25, -0.2) is 19.0 Å². The molecule has 0 bridgehead atoms. The number of carbonyl (C=O) groups is 1. The van der Waals surface area contributed by atoms with Crippen LogP contribution >= 0.6 is 0 Å². The quantitative estimate of drug-likeness (QED) is 0.770. The maximum Gasteiger partial charge on any atom is 0.289 e. The molecule has 25 heavy (non-hydrogen) atoms. The van der Waals surface area contributed by atoms with Crippen molar-refractivity contribution in [3.63, 3.8) is 0 Å². The second kappa shape index (κ2) is 6.12. The molecule has 1 saturated carbocycles. The Morgan fingerprint density at radius 2 is 2.24 bits per heavy atom. The van der Waals surface area contributed by atoms with Gasteiger partial charge in [0.1, 0.15) is 5.82 Å². The maximum atomic E-state index is 14.2. The van der Waals surface area contributed by atoms with E-state index in [0.29, 0.717) is 17.2 Å². The van der Waals surface area contributed by atoms with Crippen molar-refractivity contribution in [2.45, 2.75) is 25.3 Å². The number of benzene rings is 1. The van der Waals surface area contributed by atoms with E-state index in [-0.39, 0.29) is 24.1 Å². The van der Waals surface area contributed by atoms with Gasteiger partial charge >= 0.3 is 0 Å². The van der Waals surface area contributed by atoms with Crippen LogP contribution < -0.4 is 5.32 Å². The van der Waals surface area contributed by atoms with Gasteiger partial charge in [0.15, 0.2) is 5.82 Å². The Hall–Kier alpha value is -3.03. The van der Waals surface area contributed by atoms with Gasteiger partial charge < -0.3 is 9.88 Å². The monoisotopic (exact) mass is 340 g/mol. The SMILES string of the molecule is Cn1nc(C2CC2)nc1C(=O)NCc1ccc(-n2ccnc2)c(F)c1. The van der Waals surface area contributed by atoms with Gasteiger partial charge in [-0.05, 0) is 30.5 Å². The lowest BCUT2D eigenvalue weighted by molar-refractivity contribution is 0.0936. The normalized spacial score (nSPS) is 13.8. The van der Waals surface area contributed by atoms with E-state index in [4.69, 9.17) is 0 Å². The first-order valence-corrected chi connectivity index (χ1v) is 8.07. The van der Waals surface area contributed by atoms with Gasteiger partial charge in [0.25, 0.3) is 5.91 Å². The van der Waals surface area contributed by atoms with Crippen molar-refractivity contribution in [3.05, 3.63) is 59.9 Å². The standard InChI is InChI=1S/C17H17FN6O/c1-23-16(21-15(22-23)12-3-4-12)17(25)20-9-11-2-5-14(13(18)8-11)24-7-6-19-10-24/h2,5-8,10,12H,3-4,9H2,1H3,(H,20,25). The van der Waals surface area contributed by atoms with Gasteiger partial charge in [-0.3, -0.25) is 4.79 Å². The number of aromatic nitrogens is 5. The summed E-state index contributed by atoms with van der Waals surface area (Å²) in [6.07, 6.45) is 6.95. The predicted molar refractivity (Wildman–Crippen MR) is 87.7 cm³/mol. The van der Waals surface area contributed by atoms with Crippen LogP contribution in [0, 0.1) is 5.82 Å². The maximum absolute atomic E-state index is 14.2. The van der Waals surface area contributed by atoms with Crippen molar-refractivity contribution in [1.82, 2.24) is 29.6 Å². The first kappa shape index (κ1) is 15.5. The first-order chi connectivity index (χ1) is 12.1. The molecule has 8 heteroatoms. The smallest absolute Gasteiger partial charge is 0.289 e. The molecule has 4 rings (SSSR count). The molecule has 3 aromatic rings. The van der Waals surface area contributed by atoms with Crippen molar-refractivity contribution in [3.8, 4) is 5.69 Å². The third-order valence-corrected chi connectivity index (χ3v) is 4.17. The summed E-state index contributed by atoms with van der Waals surface area (Å²) in [6, 6.07) is 4.83. The summed E-state index contributed by atoms with van der Waals surface area (Å²) in [6.45, 7) is 0.214. The zero-order valence-corrected chi connectivity index (χ0v) is 13.7. The van der Waals surface area contributed by atoms with E-state index in [0.717, 1.165) is 18.7 Å². The summed E-state index contributed by atoms with van der Waals surface area (Å²) < 4.78 is 17.3. The van der Waals surface area contributed by atoms with Crippen LogP contribution in [0.15, 0.2) is 36.9 Å². The number of hydrogen-bond donors (Lipinski definition) is 1. The lowest BCUT2D eigenvalue weighted by atomic mass is 10.2. The van der Waals surface area contributed by atoms with E-state index in [2.05, 4.69) is 20.4 Å². The molecule has 0 spiro atoms. The molecule has 1 fully saturated rings. The second-order valence-corrected chi connectivity index (χ2v) is 6.13. The number of nitrogens with one attached hydrogen (secondary N) is 1. The lowest BCUT2D eigenvalue weighted by Crippen LogP contribution is -2.26. The van der Waals surface area contributed by atoms with Crippen molar-refractivity contribution < 1.29 is 9.18 Å². The van der Waals surface area contributed by atoms with Crippen LogP contribution in [-0.2, 0) is 13.6 Å². The third kappa shape index (κ3) is 3.15. The molecular weight excluding hydrogens is 323 g/mol. The first-order valence-electron chi connectivity index (χ1n) is 8.07. The highest BCUT2D eigenvalue weighted by Crippen LogP contribution is 2.37. The molecule has 2 aromatic heterocycles. The summed E-state index contributed by atoms with van der Waals surface area (Å²) >= 11 is 0. The molecule has 1 aromatic carbocycles. The molecule has 1 aliphatic rings. The van der Waals surface area contributed by atoms with E-state index in [9.17, 15) is 9.18 Å². The van der Waals surface area contributed by atoms with Crippen LogP contribution in [0.5, 0.6) is 0 Å². The van der Waals surface area contributed by atoms with E-state index < -0.39 is 0 Å². The zero-order valence-electron chi connectivity index (χ0n) is 13.7. The van der Waals surface area contributed by atoms with Gasteiger partial charge in [-0.2, -0.15) is 5.10 Å². The fourth-order valence-corrected chi connectivity index (χ4v) is 2.65. The number of halogens is 1. The molecule has 1 amide bonds. The average Bonchev–Trinajstić information content (AvgIpc) is 3.16. The largest absolute Gasteiger partial charge is 0.345 e. The molecule has 2 heterocycles. The Bertz CT molecular complexity index is 913. The molecule has 1 N–H and O–H groups in total. The Morgan fingerprint density at radius 3 is 2.92 bits per heavy atom. The van der Waals surface area contributed by atoms with Crippen LogP contribution in [0.1, 0.15) is 40.8 Å². The highest BCUT2D eigenvalue weighted by Gasteiger charge is 2.29. The number of aryl methyl sites for hydroxylation is 1. The minimum atomic E-state index is -0.376. The topological polar surface area (TPSA) is 77.6 Å². The number of amides is 1. The predicted octanol–water partition coefficient (Wildman–Crippen LogP) is 1.95. The van der Waals surface area contributed by atoms with Gasteiger partial charge in [0, 0.05) is 31.9 Å². The highest BCUT2D eigenvalue weighted by atomic mass is 19.1. The number of carbonyl (C=O) groups excluding carboxylic acids is 1. The van der Waals surface area contributed by atoms with Crippen LogP contribution in [0.2, 0.25) is 0 Å². The van der Waals surface area contributed by atoms with Crippen molar-refractivity contribution in [1.29, 1.82) is 0 Å². The fraction of sp³-hybridized carbons (Fsp3) is 0.294. The van der Waals surface area contributed by atoms with E-state index in [1.165, 1.54) is 17.1 Å². The Kier molecular flexibility index (Phi) is 3.79. The number of imidazole rings is 1. The minimum absolute atomic E-state index is 0.214. The zero-order chi connectivity index (χ0) is 17.4. The molecule has 0 aliphatic heterocycles. The summed E-state index contributed by atoms with van der Waals surface area (Å²) in [5, 5.41) is 7.04. The molecule has 1 aliphatic carbocycles. The van der Waals surface area contributed by atoms with Gasteiger partial charge in [0.2, 0.25) is 5.82 Å². The molecule has 0 atom stereocenters. The summed E-state index contributed by atoms with van der Waals surface area (Å²) in [5.41, 5.74) is 1.08. The van der Waals surface area contributed by atoms with Crippen LogP contribution in [0.3, 0.4) is 0 Å². The van der Waals surface area contributed by atoms with Gasteiger partial charge in [0.05, 0.1) is 12.0 Å². The van der Waals surface area contributed by atoms with Crippen LogP contribution in [0.25, 0.3) is 5.69 Å². The Morgan fingerprint density at radius 1 is 1.40 bits per heavy atom. The van der Waals surface area contributed by atoms with Crippen LogP contribution in [-0.4, -0.2) is 30.2 Å². The van der Waals surface area contributed by atoms with Crippen molar-refractivity contribution >= 4 is 5.91 Å². The molecule has 7 nitrogen and oxygen atoms in total. The molecule has 0 saturated heterocycles. The molecule has 0 unspecified atom stereocenters. The van der Waals surface area contributed by atoms with Crippen molar-refractivity contribution in [2.24, 2.45) is 7.05 Å². The lowest BCUT2D eigenvalue weighted by Gasteiger charge is -2.08. The summed E-state index contributed by atoms with van der Waals surface area (Å²) in [7, 11) is 1.70. The van der Waals surface area contributed by atoms with E-state index >= 15 is 0 Å². The molecular formula is C17H17FN6O. The number of nitrogens with zero attached hydrogens (tertiary/aromatic N) is 5. The van der Waals surface area contributed by atoms with Gasteiger partial charge in [-0.1, -0.05) is 6.07 Å². The Balaban J connectivity index is 1.44. The van der Waals surface area contributed by atoms with E-state index in [1.807, 2.05) is 0 Å². The fourth-order valence-electron chi connectivity index (χ4n) is 2.65.